The topological polar surface area (TPSA) is 23.8 Å². The monoisotopic (exact) mass is 147 g/mol. The van der Waals surface area contributed by atoms with Crippen LogP contribution in [0.25, 0.3) is 0 Å². The standard InChI is InChI=1S/C10H13N/c11-9-5-4-8-10-6-2-1-3-7-10/h4,6,8H,1-3,5,7H2. The normalized spacial score (nSPS) is 17.9. The molecule has 0 aliphatic heterocycles. The van der Waals surface area contributed by atoms with Crippen LogP contribution in [0.3, 0.4) is 0 Å². The molecule has 0 atom stereocenters. The molecule has 1 heteroatoms. The van der Waals surface area contributed by atoms with E-state index < -0.39 is 0 Å². The van der Waals surface area contributed by atoms with E-state index >= 15 is 0 Å². The molecule has 0 unspecified atom stereocenters. The Balaban J connectivity index is 2.36. The number of nitriles is 1. The summed E-state index contributed by atoms with van der Waals surface area (Å²) in [4.78, 5) is 0. The second-order valence-corrected chi connectivity index (χ2v) is 2.79. The van der Waals surface area contributed by atoms with Gasteiger partial charge in [0.15, 0.2) is 0 Å². The molecule has 0 spiro atoms. The van der Waals surface area contributed by atoms with E-state index in [1.165, 1.54) is 31.3 Å². The highest BCUT2D eigenvalue weighted by Crippen LogP contribution is 2.17. The van der Waals surface area contributed by atoms with Crippen molar-refractivity contribution in [3.63, 3.8) is 0 Å². The van der Waals surface area contributed by atoms with E-state index in [1.54, 1.807) is 0 Å². The van der Waals surface area contributed by atoms with E-state index in [4.69, 9.17) is 5.26 Å². The first-order chi connectivity index (χ1) is 5.43. The van der Waals surface area contributed by atoms with Crippen LogP contribution in [0.1, 0.15) is 32.1 Å². The number of nitrogens with zero attached hydrogens (tertiary/aromatic N) is 1. The van der Waals surface area contributed by atoms with Crippen molar-refractivity contribution in [1.29, 1.82) is 5.26 Å². The van der Waals surface area contributed by atoms with Crippen LogP contribution in [-0.4, -0.2) is 0 Å². The summed E-state index contributed by atoms with van der Waals surface area (Å²) in [5.74, 6) is 0. The summed E-state index contributed by atoms with van der Waals surface area (Å²) in [5.41, 5.74) is 1.41. The van der Waals surface area contributed by atoms with Gasteiger partial charge in [0.25, 0.3) is 0 Å². The molecule has 1 rings (SSSR count). The Kier molecular flexibility index (Phi) is 3.47. The molecule has 0 radical (unpaired) electrons. The summed E-state index contributed by atoms with van der Waals surface area (Å²) < 4.78 is 0. The maximum atomic E-state index is 8.28. The van der Waals surface area contributed by atoms with Crippen molar-refractivity contribution in [3.05, 3.63) is 23.8 Å². The molecular formula is C10H13N. The van der Waals surface area contributed by atoms with Gasteiger partial charge in [-0.15, -0.1) is 0 Å². The van der Waals surface area contributed by atoms with Gasteiger partial charge in [0.1, 0.15) is 0 Å². The Morgan fingerprint density at radius 2 is 2.45 bits per heavy atom. The molecule has 0 fully saturated rings. The maximum absolute atomic E-state index is 8.28. The van der Waals surface area contributed by atoms with Crippen molar-refractivity contribution in [2.75, 3.05) is 0 Å². The predicted octanol–water partition coefficient (Wildman–Crippen LogP) is 2.96. The fourth-order valence-electron chi connectivity index (χ4n) is 1.28. The summed E-state index contributed by atoms with van der Waals surface area (Å²) >= 11 is 0. The van der Waals surface area contributed by atoms with Gasteiger partial charge < -0.3 is 0 Å². The molecule has 0 aromatic heterocycles. The molecule has 1 nitrogen and oxygen atoms in total. The summed E-state index contributed by atoms with van der Waals surface area (Å²) in [6.07, 6.45) is 11.9. The van der Waals surface area contributed by atoms with E-state index in [0.29, 0.717) is 6.42 Å². The van der Waals surface area contributed by atoms with Crippen molar-refractivity contribution in [2.24, 2.45) is 0 Å². The molecular weight excluding hydrogens is 134 g/mol. The number of hydrogen-bond donors (Lipinski definition) is 0. The Hall–Kier alpha value is -1.03. The largest absolute Gasteiger partial charge is 0.198 e. The van der Waals surface area contributed by atoms with Gasteiger partial charge in [-0.1, -0.05) is 23.8 Å². The van der Waals surface area contributed by atoms with Crippen molar-refractivity contribution in [1.82, 2.24) is 0 Å². The van der Waals surface area contributed by atoms with Crippen LogP contribution in [0, 0.1) is 11.3 Å². The molecule has 0 saturated heterocycles. The zero-order valence-corrected chi connectivity index (χ0v) is 6.71. The SMILES string of the molecule is N#CCC=CC1=CCCCC1. The fraction of sp³-hybridized carbons (Fsp3) is 0.500. The van der Waals surface area contributed by atoms with E-state index in [2.05, 4.69) is 18.2 Å². The summed E-state index contributed by atoms with van der Waals surface area (Å²) in [6.45, 7) is 0. The first kappa shape index (κ1) is 8.07. The van der Waals surface area contributed by atoms with Crippen LogP contribution in [-0.2, 0) is 0 Å². The fourth-order valence-corrected chi connectivity index (χ4v) is 1.28. The summed E-state index contributed by atoms with van der Waals surface area (Å²) in [7, 11) is 0. The molecule has 0 N–H and O–H groups in total. The summed E-state index contributed by atoms with van der Waals surface area (Å²) in [6, 6.07) is 2.09. The molecule has 0 aromatic rings. The third-order valence-electron chi connectivity index (χ3n) is 1.87. The molecule has 58 valence electrons. The van der Waals surface area contributed by atoms with Gasteiger partial charge in [-0.2, -0.15) is 5.26 Å². The van der Waals surface area contributed by atoms with Crippen molar-refractivity contribution in [3.8, 4) is 6.07 Å². The minimum absolute atomic E-state index is 0.539. The maximum Gasteiger partial charge on any atom is 0.0663 e. The van der Waals surface area contributed by atoms with Gasteiger partial charge >= 0.3 is 0 Å². The zero-order valence-electron chi connectivity index (χ0n) is 6.71. The second-order valence-electron chi connectivity index (χ2n) is 2.79. The minimum atomic E-state index is 0.539. The Morgan fingerprint density at radius 3 is 3.09 bits per heavy atom. The van der Waals surface area contributed by atoms with Crippen LogP contribution in [0.15, 0.2) is 23.8 Å². The molecule has 0 saturated carbocycles. The van der Waals surface area contributed by atoms with Crippen molar-refractivity contribution in [2.45, 2.75) is 32.1 Å². The van der Waals surface area contributed by atoms with Gasteiger partial charge in [0, 0.05) is 0 Å². The van der Waals surface area contributed by atoms with Gasteiger partial charge in [-0.05, 0) is 25.7 Å². The van der Waals surface area contributed by atoms with Crippen LogP contribution in [0.4, 0.5) is 0 Å². The first-order valence-corrected chi connectivity index (χ1v) is 4.16. The van der Waals surface area contributed by atoms with E-state index in [0.717, 1.165) is 0 Å². The highest BCUT2D eigenvalue weighted by molar-refractivity contribution is 5.20. The number of rotatable bonds is 2. The molecule has 0 amide bonds. The second kappa shape index (κ2) is 4.73. The first-order valence-electron chi connectivity index (χ1n) is 4.16. The average molecular weight is 147 g/mol. The minimum Gasteiger partial charge on any atom is -0.198 e. The number of hydrogen-bond acceptors (Lipinski definition) is 1. The average Bonchev–Trinajstić information content (AvgIpc) is 2.07. The Labute approximate surface area is 68.0 Å². The van der Waals surface area contributed by atoms with Gasteiger partial charge in [-0.25, -0.2) is 0 Å². The molecule has 0 aromatic carbocycles. The van der Waals surface area contributed by atoms with Crippen LogP contribution < -0.4 is 0 Å². The lowest BCUT2D eigenvalue weighted by Crippen LogP contribution is -1.87. The van der Waals surface area contributed by atoms with Gasteiger partial charge in [-0.3, -0.25) is 0 Å². The lowest BCUT2D eigenvalue weighted by molar-refractivity contribution is 0.712. The highest BCUT2D eigenvalue weighted by atomic mass is 14.2. The Bertz CT molecular complexity index is 205. The molecule has 0 bridgehead atoms. The molecule has 0 heterocycles. The third-order valence-corrected chi connectivity index (χ3v) is 1.87. The van der Waals surface area contributed by atoms with E-state index in [-0.39, 0.29) is 0 Å². The van der Waals surface area contributed by atoms with E-state index in [9.17, 15) is 0 Å². The molecule has 1 aliphatic carbocycles. The zero-order chi connectivity index (χ0) is 7.94. The van der Waals surface area contributed by atoms with Crippen LogP contribution >= 0.6 is 0 Å². The third kappa shape index (κ3) is 3.04. The van der Waals surface area contributed by atoms with E-state index in [1.807, 2.05) is 6.08 Å². The van der Waals surface area contributed by atoms with Crippen LogP contribution in [0.5, 0.6) is 0 Å². The number of allylic oxidation sites excluding steroid dienone is 4. The van der Waals surface area contributed by atoms with Crippen molar-refractivity contribution >= 4 is 0 Å². The predicted molar refractivity (Wildman–Crippen MR) is 45.9 cm³/mol. The lowest BCUT2D eigenvalue weighted by atomic mass is 9.99. The van der Waals surface area contributed by atoms with Gasteiger partial charge in [0.2, 0.25) is 0 Å². The lowest BCUT2D eigenvalue weighted by Gasteiger charge is -2.07. The van der Waals surface area contributed by atoms with Crippen LogP contribution in [0.2, 0.25) is 0 Å². The van der Waals surface area contributed by atoms with Gasteiger partial charge in [0.05, 0.1) is 12.5 Å². The molecule has 1 aliphatic rings. The molecule has 11 heavy (non-hydrogen) atoms. The summed E-state index contributed by atoms with van der Waals surface area (Å²) in [5, 5.41) is 8.28. The Morgan fingerprint density at radius 1 is 1.55 bits per heavy atom. The van der Waals surface area contributed by atoms with Crippen molar-refractivity contribution < 1.29 is 0 Å². The highest BCUT2D eigenvalue weighted by Gasteiger charge is 1.98. The smallest absolute Gasteiger partial charge is 0.0663 e. The quantitative estimate of drug-likeness (QED) is 0.589.